The van der Waals surface area contributed by atoms with E-state index in [0.717, 1.165) is 46.8 Å². The maximum Gasteiger partial charge on any atom is 0.211 e. The standard InChI is InChI=1S/C20H26N5OP.C10H13NO/c1-24-9-5-6-14(13-24)11-21-19-10-16(15-7-3-4-8-17(15)26)23-20-18(27-2)12-22-25(19)20;1-8(2)9-3-5-10(6-4-9)11-7-12/h3-4,7-8,10,12,14,21,26-27H,5-6,9,11,13H2,1-2H3;3-8H,1-2H3,(H,11,12). The minimum Gasteiger partial charge on any atom is -0.507 e. The number of carbonyl (C=O) groups is 1. The topological polar surface area (TPSA) is 94.8 Å². The van der Waals surface area contributed by atoms with Crippen LogP contribution in [0.1, 0.15) is 38.2 Å². The van der Waals surface area contributed by atoms with Crippen molar-refractivity contribution < 1.29 is 9.90 Å². The third-order valence-electron chi connectivity index (χ3n) is 7.02. The number of para-hydroxylation sites is 1. The summed E-state index contributed by atoms with van der Waals surface area (Å²) >= 11 is 0. The number of hydrogen-bond acceptors (Lipinski definition) is 6. The third kappa shape index (κ3) is 7.34. The first-order chi connectivity index (χ1) is 18.9. The lowest BCUT2D eigenvalue weighted by Crippen LogP contribution is -2.35. The molecule has 1 saturated heterocycles. The van der Waals surface area contributed by atoms with E-state index in [0.29, 0.717) is 26.8 Å². The van der Waals surface area contributed by atoms with Crippen LogP contribution in [-0.4, -0.2) is 64.4 Å². The number of amides is 1. The van der Waals surface area contributed by atoms with Gasteiger partial charge in [-0.1, -0.05) is 46.7 Å². The zero-order chi connectivity index (χ0) is 27.8. The highest BCUT2D eigenvalue weighted by Crippen LogP contribution is 2.30. The lowest BCUT2D eigenvalue weighted by molar-refractivity contribution is -0.105. The highest BCUT2D eigenvalue weighted by molar-refractivity contribution is 7.46. The maximum absolute atomic E-state index is 10.3. The van der Waals surface area contributed by atoms with Crippen molar-refractivity contribution in [1.82, 2.24) is 19.5 Å². The molecule has 4 aromatic rings. The average Bonchev–Trinajstić information content (AvgIpc) is 3.36. The van der Waals surface area contributed by atoms with Gasteiger partial charge in [0.25, 0.3) is 0 Å². The molecule has 0 saturated carbocycles. The van der Waals surface area contributed by atoms with Gasteiger partial charge in [-0.05, 0) is 74.8 Å². The van der Waals surface area contributed by atoms with Crippen molar-refractivity contribution in [3.63, 3.8) is 0 Å². The summed E-state index contributed by atoms with van der Waals surface area (Å²) < 4.78 is 1.89. The molecule has 5 rings (SSSR count). The Balaban J connectivity index is 0.000000247. The fourth-order valence-electron chi connectivity index (χ4n) is 4.81. The van der Waals surface area contributed by atoms with Gasteiger partial charge in [0.15, 0.2) is 5.65 Å². The molecule has 1 aliphatic heterocycles. The summed E-state index contributed by atoms with van der Waals surface area (Å²) in [5, 5.41) is 22.2. The smallest absolute Gasteiger partial charge is 0.211 e. The molecule has 3 N–H and O–H groups in total. The van der Waals surface area contributed by atoms with Gasteiger partial charge in [0.2, 0.25) is 6.41 Å². The van der Waals surface area contributed by atoms with E-state index in [1.54, 1.807) is 6.07 Å². The molecule has 1 aliphatic rings. The van der Waals surface area contributed by atoms with E-state index in [1.807, 2.05) is 59.2 Å². The van der Waals surface area contributed by atoms with Crippen LogP contribution in [0.4, 0.5) is 11.5 Å². The van der Waals surface area contributed by atoms with E-state index in [-0.39, 0.29) is 5.75 Å². The Morgan fingerprint density at radius 1 is 1.18 bits per heavy atom. The van der Waals surface area contributed by atoms with E-state index in [1.165, 1.54) is 24.9 Å². The number of anilines is 2. The van der Waals surface area contributed by atoms with Gasteiger partial charge in [-0.2, -0.15) is 9.61 Å². The lowest BCUT2D eigenvalue weighted by atomic mass is 9.98. The quantitative estimate of drug-likeness (QED) is 0.209. The summed E-state index contributed by atoms with van der Waals surface area (Å²) in [6, 6.07) is 17.2. The van der Waals surface area contributed by atoms with Crippen LogP contribution in [0.5, 0.6) is 5.75 Å². The van der Waals surface area contributed by atoms with Crippen molar-refractivity contribution in [2.45, 2.75) is 32.6 Å². The number of phenols is 1. The number of likely N-dealkylation sites (tertiary alicyclic amines) is 1. The van der Waals surface area contributed by atoms with Gasteiger partial charge in [0.05, 0.1) is 11.9 Å². The van der Waals surface area contributed by atoms with Crippen LogP contribution >= 0.6 is 8.58 Å². The summed E-state index contributed by atoms with van der Waals surface area (Å²) in [5.41, 5.74) is 4.50. The fraction of sp³-hybridized carbons (Fsp3) is 0.367. The van der Waals surface area contributed by atoms with Gasteiger partial charge in [-0.3, -0.25) is 4.79 Å². The van der Waals surface area contributed by atoms with E-state index in [4.69, 9.17) is 4.98 Å². The highest BCUT2D eigenvalue weighted by atomic mass is 31.1. The molecule has 1 fully saturated rings. The van der Waals surface area contributed by atoms with E-state index in [9.17, 15) is 9.90 Å². The predicted molar refractivity (Wildman–Crippen MR) is 163 cm³/mol. The molecule has 2 unspecified atom stereocenters. The fourth-order valence-corrected chi connectivity index (χ4v) is 5.39. The third-order valence-corrected chi connectivity index (χ3v) is 7.91. The number of nitrogens with zero attached hydrogens (tertiary/aromatic N) is 4. The van der Waals surface area contributed by atoms with Gasteiger partial charge < -0.3 is 20.6 Å². The Hall–Kier alpha value is -3.48. The number of fused-ring (bicyclic) bond motifs is 1. The summed E-state index contributed by atoms with van der Waals surface area (Å²) in [7, 11) is 2.81. The number of nitrogens with one attached hydrogen (secondary N) is 2. The minimum atomic E-state index is 0.245. The van der Waals surface area contributed by atoms with Crippen molar-refractivity contribution in [3.8, 4) is 17.0 Å². The molecule has 1 amide bonds. The first kappa shape index (κ1) is 28.5. The first-order valence-corrected chi connectivity index (χ1v) is 15.0. The van der Waals surface area contributed by atoms with Crippen LogP contribution in [0.2, 0.25) is 0 Å². The van der Waals surface area contributed by atoms with Gasteiger partial charge in [0.1, 0.15) is 11.6 Å². The number of piperidine rings is 1. The van der Waals surface area contributed by atoms with E-state index >= 15 is 0 Å². The molecular weight excluding hydrogens is 507 g/mol. The minimum absolute atomic E-state index is 0.245. The van der Waals surface area contributed by atoms with E-state index < -0.39 is 0 Å². The van der Waals surface area contributed by atoms with Crippen molar-refractivity contribution >= 4 is 37.4 Å². The first-order valence-electron chi connectivity index (χ1n) is 13.5. The Bertz CT molecular complexity index is 1370. The van der Waals surface area contributed by atoms with Crippen LogP contribution in [0.3, 0.4) is 0 Å². The molecule has 3 heterocycles. The molecule has 2 aromatic heterocycles. The average molecular weight is 547 g/mol. The van der Waals surface area contributed by atoms with Crippen molar-refractivity contribution in [2.24, 2.45) is 5.92 Å². The molecule has 8 nitrogen and oxygen atoms in total. The molecule has 0 aliphatic carbocycles. The summed E-state index contributed by atoms with van der Waals surface area (Å²) in [6.07, 6.45) is 5.08. The van der Waals surface area contributed by atoms with Crippen LogP contribution in [0.25, 0.3) is 16.9 Å². The Morgan fingerprint density at radius 3 is 2.62 bits per heavy atom. The summed E-state index contributed by atoms with van der Waals surface area (Å²) in [5.74, 6) is 2.34. The van der Waals surface area contributed by atoms with Crippen LogP contribution in [-0.2, 0) is 4.79 Å². The second-order valence-corrected chi connectivity index (χ2v) is 11.3. The molecule has 2 atom stereocenters. The molecule has 0 bridgehead atoms. The highest BCUT2D eigenvalue weighted by Gasteiger charge is 2.19. The number of aromatic nitrogens is 3. The molecule has 0 spiro atoms. The summed E-state index contributed by atoms with van der Waals surface area (Å²) in [6.45, 7) is 9.63. The van der Waals surface area contributed by atoms with E-state index in [2.05, 4.69) is 48.2 Å². The SMILES string of the molecule is CC(C)c1ccc(NC=O)cc1.CPc1cnn2c(NCC3CCCN(C)C3)cc(-c3ccccc3O)nc12. The number of rotatable bonds is 8. The van der Waals surface area contributed by atoms with Gasteiger partial charge >= 0.3 is 0 Å². The Kier molecular flexibility index (Phi) is 9.90. The number of benzene rings is 2. The van der Waals surface area contributed by atoms with Crippen molar-refractivity contribution in [2.75, 3.05) is 44.0 Å². The monoisotopic (exact) mass is 546 g/mol. The molecule has 2 aromatic carbocycles. The van der Waals surface area contributed by atoms with Gasteiger partial charge in [-0.15, -0.1) is 0 Å². The molecule has 0 radical (unpaired) electrons. The Morgan fingerprint density at radius 2 is 1.95 bits per heavy atom. The largest absolute Gasteiger partial charge is 0.507 e. The van der Waals surface area contributed by atoms with Gasteiger partial charge in [0, 0.05) is 35.7 Å². The molecule has 39 heavy (non-hydrogen) atoms. The number of carbonyl (C=O) groups excluding carboxylic acids is 1. The number of phenolic OH excluding ortho intramolecular Hbond substituents is 1. The second-order valence-electron chi connectivity index (χ2n) is 10.3. The zero-order valence-corrected chi connectivity index (χ0v) is 24.2. The summed E-state index contributed by atoms with van der Waals surface area (Å²) in [4.78, 5) is 17.3. The van der Waals surface area contributed by atoms with Crippen LogP contribution in [0, 0.1) is 5.92 Å². The predicted octanol–water partition coefficient (Wildman–Crippen LogP) is 5.17. The van der Waals surface area contributed by atoms with Crippen LogP contribution < -0.4 is 15.9 Å². The number of hydrogen-bond donors (Lipinski definition) is 3. The number of aromatic hydroxyl groups is 1. The lowest BCUT2D eigenvalue weighted by Gasteiger charge is -2.30. The van der Waals surface area contributed by atoms with Crippen molar-refractivity contribution in [1.29, 1.82) is 0 Å². The molecular formula is C30H39N6O2P. The van der Waals surface area contributed by atoms with Gasteiger partial charge in [-0.25, -0.2) is 4.98 Å². The maximum atomic E-state index is 10.3. The molecule has 9 heteroatoms. The second kappa shape index (κ2) is 13.5. The Labute approximate surface area is 232 Å². The van der Waals surface area contributed by atoms with Crippen molar-refractivity contribution in [3.05, 3.63) is 66.4 Å². The van der Waals surface area contributed by atoms with Crippen LogP contribution in [0.15, 0.2) is 60.8 Å². The molecule has 206 valence electrons. The normalized spacial score (nSPS) is 15.9. The zero-order valence-electron chi connectivity index (χ0n) is 23.2.